The lowest BCUT2D eigenvalue weighted by molar-refractivity contribution is -0.384. The molecule has 1 heterocycles. The van der Waals surface area contributed by atoms with Gasteiger partial charge in [-0.25, -0.2) is 4.39 Å². The summed E-state index contributed by atoms with van der Waals surface area (Å²) in [5, 5.41) is 10.4. The Morgan fingerprint density at radius 3 is 2.20 bits per heavy atom. The molecule has 0 aliphatic carbocycles. The van der Waals surface area contributed by atoms with Crippen LogP contribution in [0, 0.1) is 15.9 Å². The van der Waals surface area contributed by atoms with E-state index in [9.17, 15) is 24.1 Å². The molecule has 0 aromatic heterocycles. The number of benzene rings is 3. The summed E-state index contributed by atoms with van der Waals surface area (Å²) in [5.41, 5.74) is 2.01. The maximum absolute atomic E-state index is 13.1. The number of amides is 2. The van der Waals surface area contributed by atoms with Gasteiger partial charge in [-0.1, -0.05) is 24.3 Å². The summed E-state index contributed by atoms with van der Waals surface area (Å²) in [5.74, 6) is -0.224. The molecule has 1 aliphatic rings. The minimum absolute atomic E-state index is 0.0174. The molecule has 0 spiro atoms. The Balaban J connectivity index is 1.47. The maximum Gasteiger partial charge on any atom is 0.293 e. The Hall–Kier alpha value is -3.02. The molecule has 178 valence electrons. The van der Waals surface area contributed by atoms with Crippen molar-refractivity contribution in [2.75, 3.05) is 0 Å². The highest BCUT2D eigenvalue weighted by Gasteiger charge is 2.35. The summed E-state index contributed by atoms with van der Waals surface area (Å²) in [4.78, 5) is 37.0. The molecule has 0 radical (unpaired) electrons. The van der Waals surface area contributed by atoms with Gasteiger partial charge in [0.15, 0.2) is 0 Å². The lowest BCUT2D eigenvalue weighted by atomic mass is 10.2. The van der Waals surface area contributed by atoms with Gasteiger partial charge in [0.05, 0.1) is 25.3 Å². The van der Waals surface area contributed by atoms with Crippen LogP contribution in [0.1, 0.15) is 16.7 Å². The van der Waals surface area contributed by atoms with Crippen LogP contribution in [0.5, 0.6) is 5.75 Å². The lowest BCUT2D eigenvalue weighted by Gasteiger charge is -2.12. The van der Waals surface area contributed by atoms with Crippen LogP contribution in [0.25, 0.3) is 6.08 Å². The third-order valence-corrected chi connectivity index (χ3v) is 7.06. The number of non-ortho nitro benzene ring substituents is 1. The molecule has 35 heavy (non-hydrogen) atoms. The first-order chi connectivity index (χ1) is 16.7. The molecule has 0 unspecified atom stereocenters. The normalized spacial score (nSPS) is 14.6. The molecule has 11 heteroatoms. The smallest absolute Gasteiger partial charge is 0.293 e. The van der Waals surface area contributed by atoms with Crippen molar-refractivity contribution in [1.82, 2.24) is 4.90 Å². The summed E-state index contributed by atoms with van der Waals surface area (Å²) < 4.78 is 20.2. The molecular formula is C24H15Br2FN2O5S. The van der Waals surface area contributed by atoms with Crippen molar-refractivity contribution < 1.29 is 23.6 Å². The van der Waals surface area contributed by atoms with Crippen molar-refractivity contribution >= 4 is 66.5 Å². The van der Waals surface area contributed by atoms with Gasteiger partial charge in [0.25, 0.3) is 16.8 Å². The number of rotatable bonds is 7. The quantitative estimate of drug-likeness (QED) is 0.159. The van der Waals surface area contributed by atoms with Crippen LogP contribution in [0.2, 0.25) is 0 Å². The molecule has 7 nitrogen and oxygen atoms in total. The molecule has 4 rings (SSSR count). The van der Waals surface area contributed by atoms with Gasteiger partial charge < -0.3 is 4.74 Å². The van der Waals surface area contributed by atoms with Crippen LogP contribution in [0.3, 0.4) is 0 Å². The zero-order valence-electron chi connectivity index (χ0n) is 17.7. The highest BCUT2D eigenvalue weighted by atomic mass is 79.9. The number of imide groups is 1. The minimum atomic E-state index is -0.512. The Labute approximate surface area is 220 Å². The average Bonchev–Trinajstić information content (AvgIpc) is 3.07. The largest absolute Gasteiger partial charge is 0.487 e. The SMILES string of the molecule is O=C1S/C(=C\c2cc(Br)c(OCc3ccc(F)cc3)c(Br)c2)C(=O)N1Cc1ccc([N+](=O)[O-])cc1. The maximum atomic E-state index is 13.1. The van der Waals surface area contributed by atoms with Gasteiger partial charge in [0, 0.05) is 12.1 Å². The molecule has 0 saturated carbocycles. The summed E-state index contributed by atoms with van der Waals surface area (Å²) >= 11 is 7.77. The van der Waals surface area contributed by atoms with E-state index in [0.717, 1.165) is 22.2 Å². The Bertz CT molecular complexity index is 1320. The predicted molar refractivity (Wildman–Crippen MR) is 137 cm³/mol. The number of nitro benzene ring substituents is 1. The Morgan fingerprint density at radius 1 is 1.00 bits per heavy atom. The van der Waals surface area contributed by atoms with Crippen molar-refractivity contribution in [1.29, 1.82) is 0 Å². The van der Waals surface area contributed by atoms with Gasteiger partial charge in [-0.3, -0.25) is 24.6 Å². The Morgan fingerprint density at radius 2 is 1.60 bits per heavy atom. The summed E-state index contributed by atoms with van der Waals surface area (Å²) in [7, 11) is 0. The number of nitro groups is 1. The fraction of sp³-hybridized carbons (Fsp3) is 0.0833. The molecule has 1 fully saturated rings. The number of hydrogen-bond acceptors (Lipinski definition) is 6. The minimum Gasteiger partial charge on any atom is -0.487 e. The summed E-state index contributed by atoms with van der Waals surface area (Å²) in [6.07, 6.45) is 1.61. The van der Waals surface area contributed by atoms with Crippen molar-refractivity contribution in [3.8, 4) is 5.75 Å². The molecule has 1 saturated heterocycles. The fourth-order valence-electron chi connectivity index (χ4n) is 3.23. The molecule has 0 N–H and O–H groups in total. The second-order valence-electron chi connectivity index (χ2n) is 7.42. The van der Waals surface area contributed by atoms with Gasteiger partial charge >= 0.3 is 0 Å². The molecule has 1 aliphatic heterocycles. The van der Waals surface area contributed by atoms with Crippen molar-refractivity contribution in [2.24, 2.45) is 0 Å². The van der Waals surface area contributed by atoms with Gasteiger partial charge in [-0.05, 0) is 90.7 Å². The third-order valence-electron chi connectivity index (χ3n) is 4.98. The first-order valence-corrected chi connectivity index (χ1v) is 12.5. The van der Waals surface area contributed by atoms with E-state index in [0.29, 0.717) is 25.8 Å². The van der Waals surface area contributed by atoms with E-state index in [-0.39, 0.29) is 29.6 Å². The van der Waals surface area contributed by atoms with Crippen molar-refractivity contribution in [2.45, 2.75) is 13.2 Å². The molecule has 0 atom stereocenters. The zero-order chi connectivity index (χ0) is 25.1. The molecule has 0 bridgehead atoms. The highest BCUT2D eigenvalue weighted by molar-refractivity contribution is 9.11. The van der Waals surface area contributed by atoms with E-state index in [1.165, 1.54) is 36.4 Å². The monoisotopic (exact) mass is 620 g/mol. The first-order valence-electron chi connectivity index (χ1n) is 10.1. The van der Waals surface area contributed by atoms with E-state index in [4.69, 9.17) is 4.74 Å². The van der Waals surface area contributed by atoms with Gasteiger partial charge in [-0.2, -0.15) is 0 Å². The van der Waals surface area contributed by atoms with E-state index in [1.807, 2.05) is 0 Å². The van der Waals surface area contributed by atoms with Crippen molar-refractivity contribution in [3.63, 3.8) is 0 Å². The third kappa shape index (κ3) is 5.98. The molecule has 2 amide bonds. The number of carbonyl (C=O) groups excluding carboxylic acids is 2. The van der Waals surface area contributed by atoms with E-state index < -0.39 is 16.1 Å². The molecular weight excluding hydrogens is 607 g/mol. The predicted octanol–water partition coefficient (Wildman–Crippen LogP) is 7.07. The number of ether oxygens (including phenoxy) is 1. The van der Waals surface area contributed by atoms with Gasteiger partial charge in [0.1, 0.15) is 18.2 Å². The molecule has 3 aromatic rings. The second kappa shape index (κ2) is 10.7. The number of thioether (sulfide) groups is 1. The highest BCUT2D eigenvalue weighted by Crippen LogP contribution is 2.38. The van der Waals surface area contributed by atoms with Crippen LogP contribution in [0.15, 0.2) is 74.5 Å². The number of nitrogens with zero attached hydrogens (tertiary/aromatic N) is 2. The van der Waals surface area contributed by atoms with E-state index in [1.54, 1.807) is 30.3 Å². The van der Waals surface area contributed by atoms with Crippen LogP contribution < -0.4 is 4.74 Å². The topological polar surface area (TPSA) is 89.8 Å². The number of halogens is 3. The zero-order valence-corrected chi connectivity index (χ0v) is 21.7. The lowest BCUT2D eigenvalue weighted by Crippen LogP contribution is -2.27. The second-order valence-corrected chi connectivity index (χ2v) is 10.1. The average molecular weight is 622 g/mol. The van der Waals surface area contributed by atoms with Crippen LogP contribution in [-0.4, -0.2) is 21.0 Å². The van der Waals surface area contributed by atoms with Crippen LogP contribution in [0.4, 0.5) is 14.9 Å². The summed E-state index contributed by atoms with van der Waals surface area (Å²) in [6, 6.07) is 15.2. The van der Waals surface area contributed by atoms with Crippen molar-refractivity contribution in [3.05, 3.63) is 107 Å². The molecule has 3 aromatic carbocycles. The van der Waals surface area contributed by atoms with E-state index in [2.05, 4.69) is 31.9 Å². The number of hydrogen-bond donors (Lipinski definition) is 0. The Kier molecular flexibility index (Phi) is 7.68. The van der Waals surface area contributed by atoms with Gasteiger partial charge in [0.2, 0.25) is 0 Å². The van der Waals surface area contributed by atoms with Crippen LogP contribution in [-0.2, 0) is 17.9 Å². The summed E-state index contributed by atoms with van der Waals surface area (Å²) in [6.45, 7) is 0.252. The first kappa shape index (κ1) is 25.1. The van der Waals surface area contributed by atoms with Crippen LogP contribution >= 0.6 is 43.6 Å². The van der Waals surface area contributed by atoms with Gasteiger partial charge in [-0.15, -0.1) is 0 Å². The fourth-order valence-corrected chi connectivity index (χ4v) is 5.52. The standard InChI is InChI=1S/C24H15Br2FN2O5S/c25-19-9-16(10-20(26)22(19)34-13-15-1-5-17(27)6-2-15)11-21-23(30)28(24(31)35-21)12-14-3-7-18(8-4-14)29(32)33/h1-11H,12-13H2/b21-11-. The number of carbonyl (C=O) groups is 2. The van der Waals surface area contributed by atoms with E-state index >= 15 is 0 Å².